The Balaban J connectivity index is 1.21. The van der Waals surface area contributed by atoms with E-state index >= 15 is 0 Å². The summed E-state index contributed by atoms with van der Waals surface area (Å²) in [5.74, 6) is 5.67. The third-order valence-corrected chi connectivity index (χ3v) is 12.0. The Morgan fingerprint density at radius 1 is 1.03 bits per heavy atom. The lowest BCUT2D eigenvalue weighted by Crippen LogP contribution is -2.51. The van der Waals surface area contributed by atoms with Crippen LogP contribution in [0, 0.1) is 46.3 Å². The first kappa shape index (κ1) is 28.7. The lowest BCUT2D eigenvalue weighted by Gasteiger charge is -2.58. The highest BCUT2D eigenvalue weighted by Crippen LogP contribution is 2.67. The molecule has 4 aliphatic carbocycles. The molecule has 3 nitrogen and oxygen atoms in total. The smallest absolute Gasteiger partial charge is 0.430 e. The first-order chi connectivity index (χ1) is 18.6. The SMILES string of the molecule is CCc1cccc(OC(=O)O[C@H]2CC[C@@]3(C)C(=CC[C@H]4[C@@H]5CC[C@H]([C@@H](C)CCCC(C)C)[C@@]5(C)CC[C@@H]43)C2)c1. The standard InChI is InChI=1S/C36H54O3/c1-7-26-12-9-13-28(22-26)38-34(37)39-29-18-20-35(5)27(23-29)14-15-30-32-17-16-31(25(4)11-8-10-24(2)3)36(32,6)21-19-33(30)35/h9,12-14,22,24-25,29-33H,7-8,10-11,15-21,23H2,1-6H3/t25-,29-,30-,31+,32-,33-,35-,36+/m0/s1. The summed E-state index contributed by atoms with van der Waals surface area (Å²) in [5, 5.41) is 0. The highest BCUT2D eigenvalue weighted by Gasteiger charge is 2.59. The van der Waals surface area contributed by atoms with Gasteiger partial charge in [-0.25, -0.2) is 4.79 Å². The summed E-state index contributed by atoms with van der Waals surface area (Å²) in [5.41, 5.74) is 3.51. The highest BCUT2D eigenvalue weighted by molar-refractivity contribution is 5.64. The lowest BCUT2D eigenvalue weighted by atomic mass is 9.47. The Labute approximate surface area is 238 Å². The molecule has 1 aromatic rings. The Hall–Kier alpha value is -1.77. The molecule has 216 valence electrons. The fourth-order valence-corrected chi connectivity index (χ4v) is 9.84. The van der Waals surface area contributed by atoms with Crippen LogP contribution in [0.5, 0.6) is 5.75 Å². The van der Waals surface area contributed by atoms with Gasteiger partial charge in [-0.2, -0.15) is 0 Å². The molecule has 0 N–H and O–H groups in total. The minimum atomic E-state index is -0.556. The maximum Gasteiger partial charge on any atom is 0.514 e. The molecule has 0 aromatic heterocycles. The van der Waals surface area contributed by atoms with Gasteiger partial charge in [0, 0.05) is 6.42 Å². The van der Waals surface area contributed by atoms with Gasteiger partial charge in [0.2, 0.25) is 0 Å². The molecule has 0 heterocycles. The van der Waals surface area contributed by atoms with E-state index < -0.39 is 6.16 Å². The number of rotatable bonds is 8. The Morgan fingerprint density at radius 3 is 2.62 bits per heavy atom. The van der Waals surface area contributed by atoms with E-state index in [1.165, 1.54) is 51.4 Å². The lowest BCUT2D eigenvalue weighted by molar-refractivity contribution is -0.0597. The normalized spacial score (nSPS) is 36.4. The van der Waals surface area contributed by atoms with Crippen molar-refractivity contribution in [2.75, 3.05) is 0 Å². The molecular formula is C36H54O3. The Kier molecular flexibility index (Phi) is 8.56. The number of allylic oxidation sites excluding steroid dienone is 1. The maximum atomic E-state index is 12.6. The van der Waals surface area contributed by atoms with Gasteiger partial charge in [-0.3, -0.25) is 0 Å². The summed E-state index contributed by atoms with van der Waals surface area (Å²) in [7, 11) is 0. The summed E-state index contributed by atoms with van der Waals surface area (Å²) >= 11 is 0. The summed E-state index contributed by atoms with van der Waals surface area (Å²) < 4.78 is 11.4. The monoisotopic (exact) mass is 534 g/mol. The first-order valence-electron chi connectivity index (χ1n) is 16.3. The summed E-state index contributed by atoms with van der Waals surface area (Å²) in [6, 6.07) is 7.75. The number of carbonyl (C=O) groups is 1. The van der Waals surface area contributed by atoms with E-state index in [0.717, 1.165) is 66.8 Å². The molecule has 1 aromatic carbocycles. The van der Waals surface area contributed by atoms with Crippen LogP contribution in [-0.4, -0.2) is 12.3 Å². The number of aryl methyl sites for hydroxylation is 1. The molecule has 0 unspecified atom stereocenters. The van der Waals surface area contributed by atoms with Crippen LogP contribution in [0.15, 0.2) is 35.9 Å². The van der Waals surface area contributed by atoms with Gasteiger partial charge in [-0.05, 0) is 115 Å². The maximum absolute atomic E-state index is 12.6. The second kappa shape index (κ2) is 11.6. The Bertz CT molecular complexity index is 1040. The minimum Gasteiger partial charge on any atom is -0.430 e. The average Bonchev–Trinajstić information content (AvgIpc) is 3.26. The van der Waals surface area contributed by atoms with Crippen molar-refractivity contribution in [2.45, 2.75) is 125 Å². The van der Waals surface area contributed by atoms with Crippen LogP contribution in [0.2, 0.25) is 0 Å². The molecule has 0 radical (unpaired) electrons. The molecule has 39 heavy (non-hydrogen) atoms. The zero-order valence-corrected chi connectivity index (χ0v) is 25.6. The van der Waals surface area contributed by atoms with E-state index in [0.29, 0.717) is 11.2 Å². The fourth-order valence-electron chi connectivity index (χ4n) is 9.84. The third kappa shape index (κ3) is 5.71. The van der Waals surface area contributed by atoms with Gasteiger partial charge in [0.15, 0.2) is 0 Å². The van der Waals surface area contributed by atoms with Crippen molar-refractivity contribution in [2.24, 2.45) is 46.3 Å². The topological polar surface area (TPSA) is 35.5 Å². The molecule has 0 amide bonds. The third-order valence-electron chi connectivity index (χ3n) is 12.0. The summed E-state index contributed by atoms with van der Waals surface area (Å²) in [4.78, 5) is 12.6. The fraction of sp³-hybridized carbons (Fsp3) is 0.750. The van der Waals surface area contributed by atoms with Crippen molar-refractivity contribution in [3.8, 4) is 5.75 Å². The largest absolute Gasteiger partial charge is 0.514 e. The van der Waals surface area contributed by atoms with Crippen LogP contribution >= 0.6 is 0 Å². The summed E-state index contributed by atoms with van der Waals surface area (Å²) in [6.45, 7) is 14.6. The second-order valence-corrected chi connectivity index (χ2v) is 14.6. The number of hydrogen-bond donors (Lipinski definition) is 0. The quantitative estimate of drug-likeness (QED) is 0.189. The summed E-state index contributed by atoms with van der Waals surface area (Å²) in [6.07, 6.45) is 16.9. The van der Waals surface area contributed by atoms with Gasteiger partial charge in [-0.1, -0.05) is 84.6 Å². The first-order valence-corrected chi connectivity index (χ1v) is 16.3. The van der Waals surface area contributed by atoms with Crippen molar-refractivity contribution < 1.29 is 14.3 Å². The van der Waals surface area contributed by atoms with Gasteiger partial charge in [0.25, 0.3) is 0 Å². The van der Waals surface area contributed by atoms with E-state index in [-0.39, 0.29) is 11.5 Å². The van der Waals surface area contributed by atoms with Crippen molar-refractivity contribution in [1.29, 1.82) is 0 Å². The predicted octanol–water partition coefficient (Wildman–Crippen LogP) is 10.2. The molecule has 3 heteroatoms. The average molecular weight is 535 g/mol. The van der Waals surface area contributed by atoms with Gasteiger partial charge < -0.3 is 9.47 Å². The van der Waals surface area contributed by atoms with E-state index in [9.17, 15) is 4.79 Å². The van der Waals surface area contributed by atoms with Crippen LogP contribution in [0.4, 0.5) is 4.79 Å². The van der Waals surface area contributed by atoms with Crippen LogP contribution in [-0.2, 0) is 11.2 Å². The molecule has 0 bridgehead atoms. The molecule has 0 saturated heterocycles. The predicted molar refractivity (Wildman–Crippen MR) is 160 cm³/mol. The van der Waals surface area contributed by atoms with Gasteiger partial charge in [0.1, 0.15) is 11.9 Å². The van der Waals surface area contributed by atoms with E-state index in [1.807, 2.05) is 18.2 Å². The molecule has 0 aliphatic heterocycles. The van der Waals surface area contributed by atoms with Crippen LogP contribution in [0.1, 0.15) is 118 Å². The van der Waals surface area contributed by atoms with Gasteiger partial charge in [0.05, 0.1) is 0 Å². The zero-order valence-electron chi connectivity index (χ0n) is 25.6. The van der Waals surface area contributed by atoms with E-state index in [4.69, 9.17) is 9.47 Å². The number of ether oxygens (including phenoxy) is 2. The van der Waals surface area contributed by atoms with Crippen molar-refractivity contribution in [1.82, 2.24) is 0 Å². The Morgan fingerprint density at radius 2 is 1.85 bits per heavy atom. The van der Waals surface area contributed by atoms with Crippen LogP contribution < -0.4 is 4.74 Å². The zero-order chi connectivity index (χ0) is 27.8. The van der Waals surface area contributed by atoms with E-state index in [2.05, 4.69) is 53.7 Å². The molecular weight excluding hydrogens is 480 g/mol. The number of carbonyl (C=O) groups excluding carboxylic acids is 1. The molecule has 0 spiro atoms. The second-order valence-electron chi connectivity index (χ2n) is 14.6. The number of fused-ring (bicyclic) bond motifs is 5. The molecule has 5 rings (SSSR count). The number of benzene rings is 1. The van der Waals surface area contributed by atoms with Crippen molar-refractivity contribution in [3.63, 3.8) is 0 Å². The molecule has 3 fully saturated rings. The van der Waals surface area contributed by atoms with Crippen LogP contribution in [0.25, 0.3) is 0 Å². The number of hydrogen-bond acceptors (Lipinski definition) is 3. The molecule has 8 atom stereocenters. The van der Waals surface area contributed by atoms with Gasteiger partial charge >= 0.3 is 6.16 Å². The highest BCUT2D eigenvalue weighted by atomic mass is 16.7. The van der Waals surface area contributed by atoms with Gasteiger partial charge in [-0.15, -0.1) is 0 Å². The van der Waals surface area contributed by atoms with Crippen molar-refractivity contribution in [3.05, 3.63) is 41.5 Å². The molecule has 4 aliphatic rings. The van der Waals surface area contributed by atoms with Crippen molar-refractivity contribution >= 4 is 6.16 Å². The van der Waals surface area contributed by atoms with Crippen LogP contribution in [0.3, 0.4) is 0 Å². The molecule has 3 saturated carbocycles. The minimum absolute atomic E-state index is 0.0702. The van der Waals surface area contributed by atoms with E-state index in [1.54, 1.807) is 5.57 Å².